The maximum absolute atomic E-state index is 12.6. The molecule has 4 nitrogen and oxygen atoms in total. The highest BCUT2D eigenvalue weighted by atomic mass is 32.1. The number of ether oxygens (including phenoxy) is 1. The van der Waals surface area contributed by atoms with Crippen LogP contribution in [0.1, 0.15) is 54.4 Å². The summed E-state index contributed by atoms with van der Waals surface area (Å²) in [5, 5.41) is 4.06. The summed E-state index contributed by atoms with van der Waals surface area (Å²) in [6.45, 7) is 4.53. The molecule has 0 bridgehead atoms. The molecule has 1 aromatic heterocycles. The summed E-state index contributed by atoms with van der Waals surface area (Å²) < 4.78 is 5.47. The summed E-state index contributed by atoms with van der Waals surface area (Å²) >= 11 is 1.46. The molecule has 0 spiro atoms. The van der Waals surface area contributed by atoms with Crippen LogP contribution in [-0.4, -0.2) is 23.5 Å². The third-order valence-electron chi connectivity index (χ3n) is 4.36. The number of rotatable bonds is 5. The molecule has 128 valence electrons. The van der Waals surface area contributed by atoms with Crippen molar-refractivity contribution in [3.63, 3.8) is 0 Å². The third-order valence-corrected chi connectivity index (χ3v) is 5.56. The topological polar surface area (TPSA) is 51.2 Å². The van der Waals surface area contributed by atoms with E-state index >= 15 is 0 Å². The summed E-state index contributed by atoms with van der Waals surface area (Å²) in [5.41, 5.74) is 1.82. The summed E-state index contributed by atoms with van der Waals surface area (Å²) in [6.07, 6.45) is 5.90. The summed E-state index contributed by atoms with van der Waals surface area (Å²) in [5.74, 6) is 0.874. The Morgan fingerprint density at radius 1 is 1.25 bits per heavy atom. The Kier molecular flexibility index (Phi) is 5.51. The van der Waals surface area contributed by atoms with Gasteiger partial charge in [-0.1, -0.05) is 19.3 Å². The monoisotopic (exact) mass is 344 g/mol. The van der Waals surface area contributed by atoms with Gasteiger partial charge in [-0.25, -0.2) is 4.98 Å². The molecule has 1 aromatic carbocycles. The van der Waals surface area contributed by atoms with Gasteiger partial charge in [0, 0.05) is 11.6 Å². The minimum Gasteiger partial charge on any atom is -0.494 e. The molecule has 1 aliphatic carbocycles. The van der Waals surface area contributed by atoms with E-state index in [9.17, 15) is 4.79 Å². The largest absolute Gasteiger partial charge is 0.494 e. The van der Waals surface area contributed by atoms with Gasteiger partial charge in [0.05, 0.1) is 12.3 Å². The van der Waals surface area contributed by atoms with Crippen molar-refractivity contribution < 1.29 is 9.53 Å². The van der Waals surface area contributed by atoms with E-state index in [1.807, 2.05) is 38.1 Å². The molecule has 1 N–H and O–H groups in total. The van der Waals surface area contributed by atoms with Gasteiger partial charge >= 0.3 is 0 Å². The predicted octanol–water partition coefficient (Wildman–Crippen LogP) is 4.58. The SMILES string of the molecule is CCOc1ccc(-c2nc(C)c(C(=O)NC3CCCCC3)s2)cc1. The average Bonchev–Trinajstić information content (AvgIpc) is 2.99. The Morgan fingerprint density at radius 2 is 1.96 bits per heavy atom. The van der Waals surface area contributed by atoms with Gasteiger partial charge in [-0.3, -0.25) is 4.79 Å². The lowest BCUT2D eigenvalue weighted by Crippen LogP contribution is -2.36. The molecule has 1 saturated carbocycles. The molecule has 3 rings (SSSR count). The van der Waals surface area contributed by atoms with Gasteiger partial charge in [0.2, 0.25) is 0 Å². The number of hydrogen-bond donors (Lipinski definition) is 1. The quantitative estimate of drug-likeness (QED) is 0.864. The van der Waals surface area contributed by atoms with Crippen LogP contribution in [0.25, 0.3) is 10.6 Å². The molecule has 1 aliphatic rings. The van der Waals surface area contributed by atoms with Crippen LogP contribution in [0, 0.1) is 6.92 Å². The number of hydrogen-bond acceptors (Lipinski definition) is 4. The highest BCUT2D eigenvalue weighted by molar-refractivity contribution is 7.17. The van der Waals surface area contributed by atoms with E-state index in [1.54, 1.807) is 0 Å². The normalized spacial score (nSPS) is 15.2. The van der Waals surface area contributed by atoms with Crippen LogP contribution in [0.3, 0.4) is 0 Å². The van der Waals surface area contributed by atoms with Gasteiger partial charge in [0.15, 0.2) is 0 Å². The maximum atomic E-state index is 12.6. The van der Waals surface area contributed by atoms with E-state index in [0.29, 0.717) is 12.6 Å². The minimum atomic E-state index is 0.0223. The number of nitrogens with zero attached hydrogens (tertiary/aromatic N) is 1. The van der Waals surface area contributed by atoms with Crippen LogP contribution < -0.4 is 10.1 Å². The van der Waals surface area contributed by atoms with Crippen molar-refractivity contribution in [1.29, 1.82) is 0 Å². The third kappa shape index (κ3) is 3.96. The van der Waals surface area contributed by atoms with E-state index in [1.165, 1.54) is 30.6 Å². The van der Waals surface area contributed by atoms with Gasteiger partial charge in [-0.05, 0) is 51.0 Å². The molecule has 0 radical (unpaired) electrons. The second-order valence-electron chi connectivity index (χ2n) is 6.20. The van der Waals surface area contributed by atoms with Crippen molar-refractivity contribution in [2.24, 2.45) is 0 Å². The molecule has 24 heavy (non-hydrogen) atoms. The second kappa shape index (κ2) is 7.79. The Bertz CT molecular complexity index is 688. The zero-order valence-corrected chi connectivity index (χ0v) is 15.1. The molecular weight excluding hydrogens is 320 g/mol. The van der Waals surface area contributed by atoms with E-state index in [-0.39, 0.29) is 5.91 Å². The first kappa shape index (κ1) is 17.0. The zero-order chi connectivity index (χ0) is 16.9. The van der Waals surface area contributed by atoms with Gasteiger partial charge in [0.25, 0.3) is 5.91 Å². The highest BCUT2D eigenvalue weighted by Gasteiger charge is 2.20. The van der Waals surface area contributed by atoms with Crippen LogP contribution in [0.5, 0.6) is 5.75 Å². The number of carbonyl (C=O) groups is 1. The number of carbonyl (C=O) groups excluding carboxylic acids is 1. The summed E-state index contributed by atoms with van der Waals surface area (Å²) in [7, 11) is 0. The Labute approximate surface area is 147 Å². The number of amides is 1. The lowest BCUT2D eigenvalue weighted by molar-refractivity contribution is 0.0931. The van der Waals surface area contributed by atoms with Crippen molar-refractivity contribution in [3.05, 3.63) is 34.8 Å². The van der Waals surface area contributed by atoms with Crippen molar-refractivity contribution >= 4 is 17.2 Å². The fourth-order valence-electron chi connectivity index (χ4n) is 3.09. The van der Waals surface area contributed by atoms with E-state index in [2.05, 4.69) is 10.3 Å². The lowest BCUT2D eigenvalue weighted by atomic mass is 9.95. The van der Waals surface area contributed by atoms with Crippen molar-refractivity contribution in [2.75, 3.05) is 6.61 Å². The Hall–Kier alpha value is -1.88. The maximum Gasteiger partial charge on any atom is 0.263 e. The van der Waals surface area contributed by atoms with Gasteiger partial charge < -0.3 is 10.1 Å². The predicted molar refractivity (Wildman–Crippen MR) is 97.8 cm³/mol. The Balaban J connectivity index is 1.72. The Morgan fingerprint density at radius 3 is 2.62 bits per heavy atom. The standard InChI is InChI=1S/C19H24N2O2S/c1-3-23-16-11-9-14(10-12-16)19-20-13(2)17(24-19)18(22)21-15-7-5-4-6-8-15/h9-12,15H,3-8H2,1-2H3,(H,21,22). The first-order valence-corrected chi connectivity index (χ1v) is 9.50. The van der Waals surface area contributed by atoms with Crippen LogP contribution in [-0.2, 0) is 0 Å². The van der Waals surface area contributed by atoms with Gasteiger partial charge in [0.1, 0.15) is 15.6 Å². The molecule has 0 aliphatic heterocycles. The fraction of sp³-hybridized carbons (Fsp3) is 0.474. The molecule has 0 saturated heterocycles. The van der Waals surface area contributed by atoms with Crippen LogP contribution >= 0.6 is 11.3 Å². The van der Waals surface area contributed by atoms with E-state index in [4.69, 9.17) is 4.74 Å². The van der Waals surface area contributed by atoms with Crippen molar-refractivity contribution in [3.8, 4) is 16.3 Å². The number of aromatic nitrogens is 1. The molecule has 0 atom stereocenters. The van der Waals surface area contributed by atoms with Crippen molar-refractivity contribution in [1.82, 2.24) is 10.3 Å². The van der Waals surface area contributed by atoms with Crippen LogP contribution in [0.4, 0.5) is 0 Å². The molecule has 1 amide bonds. The first-order valence-electron chi connectivity index (χ1n) is 8.69. The van der Waals surface area contributed by atoms with E-state index < -0.39 is 0 Å². The fourth-order valence-corrected chi connectivity index (χ4v) is 4.06. The molecular formula is C19H24N2O2S. The highest BCUT2D eigenvalue weighted by Crippen LogP contribution is 2.29. The zero-order valence-electron chi connectivity index (χ0n) is 14.3. The van der Waals surface area contributed by atoms with Crippen LogP contribution in [0.15, 0.2) is 24.3 Å². The first-order chi connectivity index (χ1) is 11.7. The van der Waals surface area contributed by atoms with Gasteiger partial charge in [-0.2, -0.15) is 0 Å². The molecule has 2 aromatic rings. The molecule has 0 unspecified atom stereocenters. The number of aryl methyl sites for hydroxylation is 1. The number of thiazole rings is 1. The van der Waals surface area contributed by atoms with Crippen molar-refractivity contribution in [2.45, 2.75) is 52.0 Å². The molecule has 1 heterocycles. The number of nitrogens with one attached hydrogen (secondary N) is 1. The van der Waals surface area contributed by atoms with Crippen LogP contribution in [0.2, 0.25) is 0 Å². The van der Waals surface area contributed by atoms with E-state index in [0.717, 1.165) is 39.7 Å². The minimum absolute atomic E-state index is 0.0223. The molecule has 5 heteroatoms. The average molecular weight is 344 g/mol. The lowest BCUT2D eigenvalue weighted by Gasteiger charge is -2.22. The summed E-state index contributed by atoms with van der Waals surface area (Å²) in [4.78, 5) is 17.9. The number of benzene rings is 1. The smallest absolute Gasteiger partial charge is 0.263 e. The second-order valence-corrected chi connectivity index (χ2v) is 7.20. The van der Waals surface area contributed by atoms with Gasteiger partial charge in [-0.15, -0.1) is 11.3 Å². The molecule has 1 fully saturated rings. The summed E-state index contributed by atoms with van der Waals surface area (Å²) in [6, 6.07) is 8.19.